The Balaban J connectivity index is 2.30. The molecule has 1 heterocycles. The lowest BCUT2D eigenvalue weighted by Crippen LogP contribution is -2.08. The van der Waals surface area contributed by atoms with E-state index < -0.39 is 5.03 Å². The zero-order valence-corrected chi connectivity index (χ0v) is 9.66. The standard InChI is InChI=1S/C8H5Cl2N5O2/c9-5-2-1-4(3-6(5)10)7-11-8(13-12-7)14-15(16)17/h1-3H,(H2,11,12,13,14). The van der Waals surface area contributed by atoms with Crippen LogP contribution in [0.4, 0.5) is 5.95 Å². The average Bonchev–Trinajstić information content (AvgIpc) is 2.69. The predicted octanol–water partition coefficient (Wildman–Crippen LogP) is 2.38. The van der Waals surface area contributed by atoms with Gasteiger partial charge in [0.2, 0.25) is 0 Å². The first kappa shape index (κ1) is 11.6. The first-order valence-corrected chi connectivity index (χ1v) is 5.11. The lowest BCUT2D eigenvalue weighted by molar-refractivity contribution is -0.446. The Morgan fingerprint density at radius 2 is 2.12 bits per heavy atom. The molecule has 1 aromatic heterocycles. The van der Waals surface area contributed by atoms with Crippen LogP contribution >= 0.6 is 23.2 Å². The van der Waals surface area contributed by atoms with Crippen molar-refractivity contribution in [3.63, 3.8) is 0 Å². The fourth-order valence-corrected chi connectivity index (χ4v) is 1.46. The van der Waals surface area contributed by atoms with Crippen LogP contribution in [0.25, 0.3) is 11.4 Å². The summed E-state index contributed by atoms with van der Waals surface area (Å²) in [6.07, 6.45) is 0. The van der Waals surface area contributed by atoms with Crippen molar-refractivity contribution in [3.05, 3.63) is 38.4 Å². The van der Waals surface area contributed by atoms with Crippen molar-refractivity contribution in [3.8, 4) is 11.4 Å². The van der Waals surface area contributed by atoms with Crippen LogP contribution in [0, 0.1) is 10.1 Å². The summed E-state index contributed by atoms with van der Waals surface area (Å²) in [5.41, 5.74) is 2.46. The molecule has 0 aliphatic heterocycles. The van der Waals surface area contributed by atoms with Gasteiger partial charge in [0.15, 0.2) is 10.9 Å². The number of H-pyrrole nitrogens is 1. The third kappa shape index (κ3) is 2.63. The van der Waals surface area contributed by atoms with E-state index in [-0.39, 0.29) is 5.95 Å². The molecule has 0 unspecified atom stereocenters. The molecule has 17 heavy (non-hydrogen) atoms. The van der Waals surface area contributed by atoms with Gasteiger partial charge in [0.05, 0.1) is 10.0 Å². The van der Waals surface area contributed by atoms with E-state index in [0.717, 1.165) is 0 Å². The van der Waals surface area contributed by atoms with Gasteiger partial charge in [-0.15, -0.1) is 5.10 Å². The number of benzene rings is 1. The number of hydrogen-bond donors (Lipinski definition) is 2. The number of nitrogens with zero attached hydrogens (tertiary/aromatic N) is 3. The quantitative estimate of drug-likeness (QED) is 0.661. The van der Waals surface area contributed by atoms with E-state index in [2.05, 4.69) is 15.2 Å². The number of rotatable bonds is 3. The van der Waals surface area contributed by atoms with E-state index in [1.807, 2.05) is 5.43 Å². The van der Waals surface area contributed by atoms with E-state index in [1.165, 1.54) is 0 Å². The van der Waals surface area contributed by atoms with Crippen molar-refractivity contribution in [2.24, 2.45) is 0 Å². The summed E-state index contributed by atoms with van der Waals surface area (Å²) in [4.78, 5) is 14.0. The molecule has 0 aliphatic rings. The Bertz CT molecular complexity index is 571. The number of hydrazine groups is 1. The highest BCUT2D eigenvalue weighted by Gasteiger charge is 2.10. The van der Waals surface area contributed by atoms with Crippen molar-refractivity contribution in [1.29, 1.82) is 0 Å². The molecule has 0 radical (unpaired) electrons. The minimum absolute atomic E-state index is 0.129. The highest BCUT2D eigenvalue weighted by atomic mass is 35.5. The van der Waals surface area contributed by atoms with Crippen LogP contribution in [0.5, 0.6) is 0 Å². The maximum atomic E-state index is 10.2. The molecule has 0 atom stereocenters. The van der Waals surface area contributed by atoms with Crippen molar-refractivity contribution in [2.45, 2.75) is 0 Å². The molecule has 7 nitrogen and oxygen atoms in total. The van der Waals surface area contributed by atoms with Crippen LogP contribution in [0.2, 0.25) is 10.0 Å². The molecule has 2 N–H and O–H groups in total. The maximum absolute atomic E-state index is 10.2. The van der Waals surface area contributed by atoms with Crippen LogP contribution in [-0.2, 0) is 0 Å². The van der Waals surface area contributed by atoms with Gasteiger partial charge in [-0.05, 0) is 18.2 Å². The average molecular weight is 274 g/mol. The fourth-order valence-electron chi connectivity index (χ4n) is 1.17. The Morgan fingerprint density at radius 1 is 1.35 bits per heavy atom. The second kappa shape index (κ2) is 4.56. The molecule has 0 amide bonds. The second-order valence-corrected chi connectivity index (χ2v) is 3.82. The summed E-state index contributed by atoms with van der Waals surface area (Å²) in [5, 5.41) is 16.4. The third-order valence-corrected chi connectivity index (χ3v) is 2.61. The zero-order valence-electron chi connectivity index (χ0n) is 8.15. The smallest absolute Gasteiger partial charge is 0.257 e. The summed E-state index contributed by atoms with van der Waals surface area (Å²) >= 11 is 11.6. The van der Waals surface area contributed by atoms with Gasteiger partial charge >= 0.3 is 5.95 Å². The molecule has 2 aromatic rings. The molecular weight excluding hydrogens is 269 g/mol. The number of nitro groups is 1. The molecule has 88 valence electrons. The van der Waals surface area contributed by atoms with Gasteiger partial charge in [-0.1, -0.05) is 28.6 Å². The summed E-state index contributed by atoms with van der Waals surface area (Å²) in [7, 11) is 0. The molecule has 0 fully saturated rings. The molecule has 0 bridgehead atoms. The normalized spacial score (nSPS) is 10.2. The van der Waals surface area contributed by atoms with E-state index >= 15 is 0 Å². The van der Waals surface area contributed by atoms with E-state index in [4.69, 9.17) is 23.2 Å². The monoisotopic (exact) mass is 273 g/mol. The predicted molar refractivity (Wildman–Crippen MR) is 62.5 cm³/mol. The van der Waals surface area contributed by atoms with Gasteiger partial charge in [-0.2, -0.15) is 4.98 Å². The van der Waals surface area contributed by atoms with Gasteiger partial charge in [0, 0.05) is 5.56 Å². The minimum atomic E-state index is -0.748. The molecule has 2 rings (SSSR count). The molecule has 0 saturated heterocycles. The topological polar surface area (TPSA) is 96.7 Å². The maximum Gasteiger partial charge on any atom is 0.303 e. The number of nitrogens with one attached hydrogen (secondary N) is 2. The lowest BCUT2D eigenvalue weighted by Gasteiger charge is -1.98. The van der Waals surface area contributed by atoms with Crippen LogP contribution in [0.1, 0.15) is 0 Å². The molecule has 9 heteroatoms. The third-order valence-electron chi connectivity index (χ3n) is 1.87. The van der Waals surface area contributed by atoms with Gasteiger partial charge in [0.1, 0.15) is 0 Å². The molecule has 0 spiro atoms. The molecule has 0 aliphatic carbocycles. The van der Waals surface area contributed by atoms with Crippen LogP contribution in [0.3, 0.4) is 0 Å². The van der Waals surface area contributed by atoms with Gasteiger partial charge < -0.3 is 0 Å². The van der Waals surface area contributed by atoms with Crippen molar-refractivity contribution in [1.82, 2.24) is 15.2 Å². The van der Waals surface area contributed by atoms with Crippen LogP contribution in [-0.4, -0.2) is 20.2 Å². The second-order valence-electron chi connectivity index (χ2n) is 3.01. The van der Waals surface area contributed by atoms with Gasteiger partial charge in [0.25, 0.3) is 0 Å². The fraction of sp³-hybridized carbons (Fsp3) is 0. The first-order chi connectivity index (χ1) is 8.06. The Kier molecular flexibility index (Phi) is 3.12. The Morgan fingerprint density at radius 3 is 2.76 bits per heavy atom. The Labute approximate surface area is 105 Å². The highest BCUT2D eigenvalue weighted by molar-refractivity contribution is 6.42. The lowest BCUT2D eigenvalue weighted by atomic mass is 10.2. The van der Waals surface area contributed by atoms with Crippen LogP contribution < -0.4 is 5.43 Å². The van der Waals surface area contributed by atoms with E-state index in [9.17, 15) is 10.1 Å². The van der Waals surface area contributed by atoms with E-state index in [1.54, 1.807) is 18.2 Å². The molecular formula is C8H5Cl2N5O2. The van der Waals surface area contributed by atoms with Crippen molar-refractivity contribution in [2.75, 3.05) is 5.43 Å². The number of aromatic amines is 1. The summed E-state index contributed by atoms with van der Waals surface area (Å²) in [6, 6.07) is 4.85. The number of aromatic nitrogens is 3. The van der Waals surface area contributed by atoms with Crippen molar-refractivity contribution >= 4 is 29.2 Å². The molecule has 0 saturated carbocycles. The SMILES string of the molecule is O=[N+]([O-])Nc1n[nH]c(-c2ccc(Cl)c(Cl)c2)n1. The number of hydrogen-bond acceptors (Lipinski definition) is 4. The minimum Gasteiger partial charge on any atom is -0.257 e. The highest BCUT2D eigenvalue weighted by Crippen LogP contribution is 2.26. The first-order valence-electron chi connectivity index (χ1n) is 4.35. The molecule has 1 aromatic carbocycles. The summed E-state index contributed by atoms with van der Waals surface area (Å²) in [6.45, 7) is 0. The van der Waals surface area contributed by atoms with Gasteiger partial charge in [-0.25, -0.2) is 10.1 Å². The number of halogens is 2. The Hall–Kier alpha value is -1.86. The number of anilines is 1. The summed E-state index contributed by atoms with van der Waals surface area (Å²) < 4.78 is 0. The van der Waals surface area contributed by atoms with Crippen molar-refractivity contribution < 1.29 is 5.03 Å². The van der Waals surface area contributed by atoms with Gasteiger partial charge in [-0.3, -0.25) is 5.10 Å². The largest absolute Gasteiger partial charge is 0.303 e. The summed E-state index contributed by atoms with van der Waals surface area (Å²) in [5.74, 6) is 0.226. The van der Waals surface area contributed by atoms with Crippen LogP contribution in [0.15, 0.2) is 18.2 Å². The zero-order chi connectivity index (χ0) is 12.4. The van der Waals surface area contributed by atoms with E-state index in [0.29, 0.717) is 21.4 Å².